The maximum absolute atomic E-state index is 13.1. The highest BCUT2D eigenvalue weighted by atomic mass is 31.2. The number of esters is 4. The maximum Gasteiger partial charge on any atom is 0.472 e. The van der Waals surface area contributed by atoms with E-state index in [9.17, 15) is 43.2 Å². The Labute approximate surface area is 562 Å². The molecule has 0 saturated carbocycles. The number of phosphoric ester groups is 2. The maximum atomic E-state index is 13.1. The lowest BCUT2D eigenvalue weighted by atomic mass is 9.99. The average molecular weight is 1350 g/mol. The van der Waals surface area contributed by atoms with Crippen LogP contribution in [0.5, 0.6) is 0 Å². The number of carbonyl (C=O) groups is 4. The van der Waals surface area contributed by atoms with Crippen molar-refractivity contribution in [2.45, 2.75) is 394 Å². The van der Waals surface area contributed by atoms with Crippen molar-refractivity contribution in [3.8, 4) is 0 Å². The summed E-state index contributed by atoms with van der Waals surface area (Å²) in [4.78, 5) is 72.6. The highest BCUT2D eigenvalue weighted by Gasteiger charge is 2.30. The first-order valence-electron chi connectivity index (χ1n) is 38.1. The molecule has 0 fully saturated rings. The zero-order valence-corrected chi connectivity index (χ0v) is 61.6. The van der Waals surface area contributed by atoms with Crippen LogP contribution in [0.3, 0.4) is 0 Å². The Hall–Kier alpha value is -1.94. The minimum Gasteiger partial charge on any atom is -0.462 e. The summed E-state index contributed by atoms with van der Waals surface area (Å²) in [5, 5.41) is 10.6. The molecular formula is C73H142O17P2. The van der Waals surface area contributed by atoms with Crippen LogP contribution in [-0.2, 0) is 65.4 Å². The molecular weight excluding hydrogens is 1210 g/mol. The van der Waals surface area contributed by atoms with E-state index in [1.54, 1.807) is 0 Å². The Balaban J connectivity index is 5.21. The second-order valence-electron chi connectivity index (χ2n) is 26.8. The van der Waals surface area contributed by atoms with Crippen LogP contribution in [0.25, 0.3) is 0 Å². The Morgan fingerprint density at radius 2 is 0.522 bits per heavy atom. The van der Waals surface area contributed by atoms with Crippen LogP contribution >= 0.6 is 15.6 Å². The molecule has 0 aliphatic carbocycles. The molecule has 0 heterocycles. The van der Waals surface area contributed by atoms with Crippen molar-refractivity contribution in [2.24, 2.45) is 11.8 Å². The van der Waals surface area contributed by atoms with Crippen molar-refractivity contribution in [3.05, 3.63) is 0 Å². The Kier molecular flexibility index (Phi) is 63.7. The van der Waals surface area contributed by atoms with Gasteiger partial charge in [-0.3, -0.25) is 37.3 Å². The third-order valence-corrected chi connectivity index (χ3v) is 19.6. The van der Waals surface area contributed by atoms with E-state index >= 15 is 0 Å². The number of hydrogen-bond acceptors (Lipinski definition) is 15. The van der Waals surface area contributed by atoms with Crippen LogP contribution < -0.4 is 0 Å². The summed E-state index contributed by atoms with van der Waals surface area (Å²) >= 11 is 0. The lowest BCUT2D eigenvalue weighted by molar-refractivity contribution is -0.161. The molecule has 546 valence electrons. The van der Waals surface area contributed by atoms with Gasteiger partial charge in [-0.05, 0) is 37.5 Å². The summed E-state index contributed by atoms with van der Waals surface area (Å²) in [5.41, 5.74) is 0. The van der Waals surface area contributed by atoms with Crippen molar-refractivity contribution in [1.29, 1.82) is 0 Å². The molecule has 19 heteroatoms. The zero-order valence-electron chi connectivity index (χ0n) is 59.9. The number of ether oxygens (including phenoxy) is 4. The van der Waals surface area contributed by atoms with Gasteiger partial charge in [0, 0.05) is 25.7 Å². The van der Waals surface area contributed by atoms with Crippen LogP contribution in [0.4, 0.5) is 0 Å². The number of hydrogen-bond donors (Lipinski definition) is 3. The van der Waals surface area contributed by atoms with Gasteiger partial charge in [0.2, 0.25) is 0 Å². The highest BCUT2D eigenvalue weighted by Crippen LogP contribution is 2.45. The van der Waals surface area contributed by atoms with Gasteiger partial charge in [0.25, 0.3) is 0 Å². The van der Waals surface area contributed by atoms with Gasteiger partial charge in [-0.25, -0.2) is 9.13 Å². The Morgan fingerprint density at radius 3 is 0.772 bits per heavy atom. The van der Waals surface area contributed by atoms with E-state index in [0.717, 1.165) is 108 Å². The number of aliphatic hydroxyl groups excluding tert-OH is 1. The van der Waals surface area contributed by atoms with Crippen LogP contribution in [-0.4, -0.2) is 96.7 Å². The van der Waals surface area contributed by atoms with Crippen LogP contribution in [0.15, 0.2) is 0 Å². The number of phosphoric acid groups is 2. The van der Waals surface area contributed by atoms with Crippen molar-refractivity contribution in [3.63, 3.8) is 0 Å². The van der Waals surface area contributed by atoms with Crippen LogP contribution in [0.2, 0.25) is 0 Å². The first kappa shape index (κ1) is 90.1. The first-order chi connectivity index (χ1) is 44.4. The SMILES string of the molecule is CCCCCCCCCCCCCCCCCCC(=O)OC[C@H](COP(=O)(O)OC[C@@H](O)COP(=O)(O)OC[C@@H](COC(=O)CCCCCCCCCC)OC(=O)CCCCCCCCC(C)CC)OC(=O)CCCCCCCCCCCCCCCCC(C)CC. The monoisotopic (exact) mass is 1350 g/mol. The van der Waals surface area contributed by atoms with Gasteiger partial charge in [-0.2, -0.15) is 0 Å². The summed E-state index contributed by atoms with van der Waals surface area (Å²) in [5.74, 6) is -0.558. The predicted octanol–water partition coefficient (Wildman–Crippen LogP) is 21.2. The second-order valence-corrected chi connectivity index (χ2v) is 29.7. The molecule has 4 unspecified atom stereocenters. The second kappa shape index (κ2) is 65.0. The first-order valence-corrected chi connectivity index (χ1v) is 41.1. The molecule has 0 radical (unpaired) electrons. The van der Waals surface area contributed by atoms with Gasteiger partial charge in [0.05, 0.1) is 26.4 Å². The number of aliphatic hydroxyl groups is 1. The van der Waals surface area contributed by atoms with Crippen molar-refractivity contribution < 1.29 is 80.2 Å². The van der Waals surface area contributed by atoms with E-state index in [1.807, 2.05) is 0 Å². The molecule has 0 aromatic rings. The number of rotatable bonds is 72. The van der Waals surface area contributed by atoms with Crippen molar-refractivity contribution >= 4 is 39.5 Å². The van der Waals surface area contributed by atoms with Crippen LogP contribution in [0.1, 0.15) is 375 Å². The van der Waals surface area contributed by atoms with Gasteiger partial charge < -0.3 is 33.8 Å². The van der Waals surface area contributed by atoms with Gasteiger partial charge in [-0.15, -0.1) is 0 Å². The van der Waals surface area contributed by atoms with Gasteiger partial charge in [-0.1, -0.05) is 324 Å². The largest absolute Gasteiger partial charge is 0.472 e. The summed E-state index contributed by atoms with van der Waals surface area (Å²) < 4.78 is 68.3. The summed E-state index contributed by atoms with van der Waals surface area (Å²) in [6.45, 7) is 9.55. The molecule has 92 heavy (non-hydrogen) atoms. The van der Waals surface area contributed by atoms with Crippen molar-refractivity contribution in [2.75, 3.05) is 39.6 Å². The molecule has 0 aliphatic heterocycles. The fraction of sp³-hybridized carbons (Fsp3) is 0.945. The highest BCUT2D eigenvalue weighted by molar-refractivity contribution is 7.47. The fourth-order valence-corrected chi connectivity index (χ4v) is 12.6. The Morgan fingerprint density at radius 1 is 0.304 bits per heavy atom. The molecule has 7 atom stereocenters. The topological polar surface area (TPSA) is 237 Å². The summed E-state index contributed by atoms with van der Waals surface area (Å²) in [7, 11) is -9.90. The molecule has 0 aliphatic rings. The summed E-state index contributed by atoms with van der Waals surface area (Å²) in [6, 6.07) is 0. The molecule has 3 N–H and O–H groups in total. The molecule has 0 aromatic carbocycles. The third-order valence-electron chi connectivity index (χ3n) is 17.7. The minimum absolute atomic E-state index is 0.103. The van der Waals surface area contributed by atoms with E-state index in [-0.39, 0.29) is 25.7 Å². The lowest BCUT2D eigenvalue weighted by Gasteiger charge is -2.21. The standard InChI is InChI=1S/C73H142O17P2/c1-7-11-13-15-17-19-20-21-22-23-27-30-33-37-44-50-56-71(76)84-61-68(89-72(77)57-51-45-38-34-31-28-25-24-26-29-32-35-41-47-53-65(5)9-3)63-87-91(79,80)85-59-67(74)60-86-92(81,82)88-64-69(62-83-70(75)55-49-43-36-18-16-14-12-8-2)90-73(78)58-52-46-40-39-42-48-54-66(6)10-4/h65-69,74H,7-64H2,1-6H3,(H,79,80)(H,81,82)/t65?,66?,67-,68-,69-/m1/s1. The average Bonchev–Trinajstić information content (AvgIpc) is 3.06. The number of carbonyl (C=O) groups excluding carboxylic acids is 4. The third kappa shape index (κ3) is 64.1. The van der Waals surface area contributed by atoms with E-state index in [2.05, 4.69) is 41.5 Å². The zero-order chi connectivity index (χ0) is 67.9. The summed E-state index contributed by atoms with van der Waals surface area (Å²) in [6.07, 6.45) is 51.4. The lowest BCUT2D eigenvalue weighted by Crippen LogP contribution is -2.30. The van der Waals surface area contributed by atoms with E-state index in [4.69, 9.17) is 37.0 Å². The van der Waals surface area contributed by atoms with E-state index < -0.39 is 97.5 Å². The smallest absolute Gasteiger partial charge is 0.462 e. The molecule has 0 amide bonds. The molecule has 0 bridgehead atoms. The quantitative estimate of drug-likeness (QED) is 0.0222. The number of unbranched alkanes of at least 4 members (excludes halogenated alkanes) is 40. The fourth-order valence-electron chi connectivity index (χ4n) is 11.1. The van der Waals surface area contributed by atoms with Gasteiger partial charge >= 0.3 is 39.5 Å². The Bertz CT molecular complexity index is 1790. The van der Waals surface area contributed by atoms with Gasteiger partial charge in [0.15, 0.2) is 12.2 Å². The van der Waals surface area contributed by atoms with Crippen LogP contribution in [0, 0.1) is 11.8 Å². The predicted molar refractivity (Wildman–Crippen MR) is 372 cm³/mol. The van der Waals surface area contributed by atoms with E-state index in [1.165, 1.54) is 186 Å². The molecule has 0 spiro atoms. The molecule has 17 nitrogen and oxygen atoms in total. The van der Waals surface area contributed by atoms with E-state index in [0.29, 0.717) is 25.7 Å². The van der Waals surface area contributed by atoms with Gasteiger partial charge in [0.1, 0.15) is 19.3 Å². The molecule has 0 aromatic heterocycles. The minimum atomic E-state index is -4.95. The molecule has 0 saturated heterocycles. The normalized spacial score (nSPS) is 14.7. The molecule has 0 rings (SSSR count). The van der Waals surface area contributed by atoms with Crippen molar-refractivity contribution in [1.82, 2.24) is 0 Å².